The highest BCUT2D eigenvalue weighted by Gasteiger charge is 2.17. The number of ether oxygens (including phenoxy) is 1. The van der Waals surface area contributed by atoms with Gasteiger partial charge in [-0.1, -0.05) is 0 Å². The number of hydrogen-bond donors (Lipinski definition) is 2. The Morgan fingerprint density at radius 1 is 1.61 bits per heavy atom. The van der Waals surface area contributed by atoms with Gasteiger partial charge in [0.2, 0.25) is 0 Å². The second-order valence-electron chi connectivity index (χ2n) is 4.44. The SMILES string of the molecule is COC(C)(C)CNc1cnn(CCO)c(=O)c1Br. The second kappa shape index (κ2) is 6.31. The van der Waals surface area contributed by atoms with Gasteiger partial charge in [0.25, 0.3) is 5.56 Å². The summed E-state index contributed by atoms with van der Waals surface area (Å²) in [4.78, 5) is 11.8. The molecule has 2 N–H and O–H groups in total. The van der Waals surface area contributed by atoms with Crippen molar-refractivity contribution in [1.29, 1.82) is 0 Å². The quantitative estimate of drug-likeness (QED) is 0.812. The third kappa shape index (κ3) is 3.79. The van der Waals surface area contributed by atoms with Crippen molar-refractivity contribution >= 4 is 21.6 Å². The highest BCUT2D eigenvalue weighted by atomic mass is 79.9. The highest BCUT2D eigenvalue weighted by molar-refractivity contribution is 9.10. The molecule has 18 heavy (non-hydrogen) atoms. The van der Waals surface area contributed by atoms with E-state index in [1.807, 2.05) is 13.8 Å². The molecule has 1 heterocycles. The summed E-state index contributed by atoms with van der Waals surface area (Å²) in [5.74, 6) is 0. The number of anilines is 1. The smallest absolute Gasteiger partial charge is 0.283 e. The standard InChI is InChI=1S/C11H18BrN3O3/c1-11(2,18-3)7-13-8-6-14-15(4-5-16)10(17)9(8)12/h6,13,16H,4-5,7H2,1-3H3. The molecule has 1 aromatic rings. The van der Waals surface area contributed by atoms with Crippen LogP contribution in [-0.4, -0.2) is 40.7 Å². The lowest BCUT2D eigenvalue weighted by molar-refractivity contribution is 0.0343. The normalized spacial score (nSPS) is 11.6. The Labute approximate surface area is 114 Å². The van der Waals surface area contributed by atoms with Crippen LogP contribution in [0.1, 0.15) is 13.8 Å². The average molecular weight is 320 g/mol. The third-order valence-electron chi connectivity index (χ3n) is 2.55. The van der Waals surface area contributed by atoms with Crippen LogP contribution in [0.4, 0.5) is 5.69 Å². The molecule has 1 rings (SSSR count). The number of nitrogens with one attached hydrogen (secondary N) is 1. The topological polar surface area (TPSA) is 76.4 Å². The third-order valence-corrected chi connectivity index (χ3v) is 3.32. The molecule has 0 bridgehead atoms. The summed E-state index contributed by atoms with van der Waals surface area (Å²) in [5, 5.41) is 15.9. The Morgan fingerprint density at radius 3 is 2.83 bits per heavy atom. The van der Waals surface area contributed by atoms with E-state index in [1.165, 1.54) is 4.68 Å². The van der Waals surface area contributed by atoms with Crippen molar-refractivity contribution in [3.05, 3.63) is 21.0 Å². The van der Waals surface area contributed by atoms with Crippen molar-refractivity contribution in [2.75, 3.05) is 25.6 Å². The zero-order valence-corrected chi connectivity index (χ0v) is 12.3. The fourth-order valence-electron chi connectivity index (χ4n) is 1.22. The number of aliphatic hydroxyl groups is 1. The van der Waals surface area contributed by atoms with Crippen LogP contribution < -0.4 is 10.9 Å². The Hall–Kier alpha value is -0.920. The van der Waals surface area contributed by atoms with E-state index in [1.54, 1.807) is 13.3 Å². The molecule has 0 saturated heterocycles. The van der Waals surface area contributed by atoms with E-state index in [2.05, 4.69) is 26.3 Å². The van der Waals surface area contributed by atoms with Crippen LogP contribution in [0.3, 0.4) is 0 Å². The lowest BCUT2D eigenvalue weighted by Gasteiger charge is -2.24. The maximum Gasteiger partial charge on any atom is 0.283 e. The van der Waals surface area contributed by atoms with Crippen molar-refractivity contribution in [2.24, 2.45) is 0 Å². The second-order valence-corrected chi connectivity index (χ2v) is 5.23. The van der Waals surface area contributed by atoms with Gasteiger partial charge < -0.3 is 15.2 Å². The van der Waals surface area contributed by atoms with Gasteiger partial charge in [-0.05, 0) is 29.8 Å². The van der Waals surface area contributed by atoms with Crippen molar-refractivity contribution in [3.8, 4) is 0 Å². The summed E-state index contributed by atoms with van der Waals surface area (Å²) < 4.78 is 6.88. The zero-order valence-electron chi connectivity index (χ0n) is 10.7. The molecular formula is C11H18BrN3O3. The predicted molar refractivity (Wildman–Crippen MR) is 72.9 cm³/mol. The molecule has 0 spiro atoms. The molecule has 0 aliphatic rings. The monoisotopic (exact) mass is 319 g/mol. The van der Waals surface area contributed by atoms with E-state index in [0.717, 1.165) is 0 Å². The number of methoxy groups -OCH3 is 1. The first-order chi connectivity index (χ1) is 8.41. The molecule has 0 aliphatic heterocycles. The number of rotatable bonds is 6. The molecule has 0 fully saturated rings. The van der Waals surface area contributed by atoms with Crippen LogP contribution in [0.2, 0.25) is 0 Å². The molecule has 6 nitrogen and oxygen atoms in total. The minimum atomic E-state index is -0.334. The largest absolute Gasteiger partial charge is 0.394 e. The van der Waals surface area contributed by atoms with Crippen molar-refractivity contribution < 1.29 is 9.84 Å². The number of aromatic nitrogens is 2. The molecular weight excluding hydrogens is 302 g/mol. The number of aliphatic hydroxyl groups excluding tert-OH is 1. The van der Waals surface area contributed by atoms with Gasteiger partial charge >= 0.3 is 0 Å². The molecule has 0 amide bonds. The zero-order chi connectivity index (χ0) is 13.8. The first kappa shape index (κ1) is 15.1. The van der Waals surface area contributed by atoms with Gasteiger partial charge in [-0.2, -0.15) is 5.10 Å². The Kier molecular flexibility index (Phi) is 5.30. The lowest BCUT2D eigenvalue weighted by Crippen LogP contribution is -2.33. The van der Waals surface area contributed by atoms with E-state index in [-0.39, 0.29) is 24.3 Å². The number of nitrogens with zero attached hydrogens (tertiary/aromatic N) is 2. The maximum atomic E-state index is 11.8. The van der Waals surface area contributed by atoms with Crippen LogP contribution in [0, 0.1) is 0 Å². The summed E-state index contributed by atoms with van der Waals surface area (Å²) in [5.41, 5.74) is 0.00273. The van der Waals surface area contributed by atoms with Crippen LogP contribution in [0.5, 0.6) is 0 Å². The fourth-order valence-corrected chi connectivity index (χ4v) is 1.67. The van der Waals surface area contributed by atoms with Crippen molar-refractivity contribution in [1.82, 2.24) is 9.78 Å². The molecule has 0 aliphatic carbocycles. The molecule has 0 unspecified atom stereocenters. The van der Waals surface area contributed by atoms with E-state index >= 15 is 0 Å². The van der Waals surface area contributed by atoms with Gasteiger partial charge in [0, 0.05) is 13.7 Å². The Balaban J connectivity index is 2.86. The summed E-state index contributed by atoms with van der Waals surface area (Å²) >= 11 is 3.23. The van der Waals surface area contributed by atoms with E-state index < -0.39 is 0 Å². The van der Waals surface area contributed by atoms with Gasteiger partial charge in [0.1, 0.15) is 4.47 Å². The number of halogens is 1. The molecule has 7 heteroatoms. The van der Waals surface area contributed by atoms with E-state index in [0.29, 0.717) is 16.7 Å². The van der Waals surface area contributed by atoms with Gasteiger partial charge in [-0.15, -0.1) is 0 Å². The first-order valence-corrected chi connectivity index (χ1v) is 6.36. The molecule has 0 radical (unpaired) electrons. The van der Waals surface area contributed by atoms with E-state index in [4.69, 9.17) is 9.84 Å². The molecule has 0 aromatic carbocycles. The lowest BCUT2D eigenvalue weighted by atomic mass is 10.1. The van der Waals surface area contributed by atoms with Crippen molar-refractivity contribution in [2.45, 2.75) is 26.0 Å². The van der Waals surface area contributed by atoms with Crippen LogP contribution >= 0.6 is 15.9 Å². The Bertz CT molecular complexity index is 459. The first-order valence-electron chi connectivity index (χ1n) is 5.57. The van der Waals surface area contributed by atoms with Crippen LogP contribution in [-0.2, 0) is 11.3 Å². The van der Waals surface area contributed by atoms with Gasteiger partial charge in [0.05, 0.1) is 30.6 Å². The molecule has 102 valence electrons. The summed E-state index contributed by atoms with van der Waals surface area (Å²) in [7, 11) is 1.63. The predicted octanol–water partition coefficient (Wildman–Crippen LogP) is 0.835. The van der Waals surface area contributed by atoms with Gasteiger partial charge in [0.15, 0.2) is 0 Å². The maximum absolute atomic E-state index is 11.8. The minimum absolute atomic E-state index is 0.122. The highest BCUT2D eigenvalue weighted by Crippen LogP contribution is 2.18. The van der Waals surface area contributed by atoms with Gasteiger partial charge in [-0.3, -0.25) is 4.79 Å². The Morgan fingerprint density at radius 2 is 2.28 bits per heavy atom. The summed E-state index contributed by atoms with van der Waals surface area (Å²) in [6.45, 7) is 4.49. The molecule has 0 saturated carbocycles. The van der Waals surface area contributed by atoms with Crippen LogP contribution in [0.25, 0.3) is 0 Å². The summed E-state index contributed by atoms with van der Waals surface area (Å²) in [6.07, 6.45) is 1.55. The van der Waals surface area contributed by atoms with Crippen molar-refractivity contribution in [3.63, 3.8) is 0 Å². The fraction of sp³-hybridized carbons (Fsp3) is 0.636. The van der Waals surface area contributed by atoms with Gasteiger partial charge in [-0.25, -0.2) is 4.68 Å². The number of hydrogen-bond acceptors (Lipinski definition) is 5. The summed E-state index contributed by atoms with van der Waals surface area (Å²) in [6, 6.07) is 0. The molecule has 0 atom stereocenters. The van der Waals surface area contributed by atoms with Crippen LogP contribution in [0.15, 0.2) is 15.5 Å². The van der Waals surface area contributed by atoms with E-state index in [9.17, 15) is 4.79 Å². The average Bonchev–Trinajstić information content (AvgIpc) is 2.34. The molecule has 1 aromatic heterocycles. The minimum Gasteiger partial charge on any atom is -0.394 e.